The molecule has 0 fully saturated rings. The minimum atomic E-state index is -0.474. The Labute approximate surface area is 99.7 Å². The van der Waals surface area contributed by atoms with Crippen LogP contribution in [0, 0.1) is 12.8 Å². The molecule has 0 bridgehead atoms. The number of aryl methyl sites for hydroxylation is 1. The molecule has 0 aromatic carbocycles. The number of rotatable bonds is 5. The Morgan fingerprint density at radius 1 is 1.62 bits per heavy atom. The van der Waals surface area contributed by atoms with E-state index in [9.17, 15) is 9.90 Å². The molecule has 0 aliphatic carbocycles. The Morgan fingerprint density at radius 3 is 2.81 bits per heavy atom. The predicted octanol–water partition coefficient (Wildman–Crippen LogP) is 1.59. The normalized spacial score (nSPS) is 12.8. The number of aliphatic hydroxyl groups is 1. The van der Waals surface area contributed by atoms with Crippen molar-refractivity contribution in [3.05, 3.63) is 16.1 Å². The molecule has 0 aliphatic heterocycles. The van der Waals surface area contributed by atoms with Crippen LogP contribution in [-0.4, -0.2) is 28.6 Å². The van der Waals surface area contributed by atoms with Crippen LogP contribution in [0.25, 0.3) is 0 Å². The first kappa shape index (κ1) is 13.1. The Hall–Kier alpha value is -0.940. The average molecular weight is 242 g/mol. The number of carbonyl (C=O) groups is 1. The smallest absolute Gasteiger partial charge is 0.263 e. The van der Waals surface area contributed by atoms with Gasteiger partial charge in [0.2, 0.25) is 0 Å². The van der Waals surface area contributed by atoms with Crippen molar-refractivity contribution in [1.29, 1.82) is 0 Å². The number of hydrogen-bond donors (Lipinski definition) is 2. The van der Waals surface area contributed by atoms with Crippen molar-refractivity contribution in [3.8, 4) is 0 Å². The Bertz CT molecular complexity index is 350. The molecule has 1 amide bonds. The van der Waals surface area contributed by atoms with E-state index in [2.05, 4.69) is 10.3 Å². The first-order valence-corrected chi connectivity index (χ1v) is 6.19. The van der Waals surface area contributed by atoms with Crippen LogP contribution >= 0.6 is 11.3 Å². The Balaban J connectivity index is 2.35. The number of hydrogen-bond acceptors (Lipinski definition) is 4. The Morgan fingerprint density at radius 2 is 2.31 bits per heavy atom. The van der Waals surface area contributed by atoms with Gasteiger partial charge >= 0.3 is 0 Å². The third-order valence-corrected chi connectivity index (χ3v) is 3.00. The van der Waals surface area contributed by atoms with Crippen molar-refractivity contribution < 1.29 is 9.90 Å². The van der Waals surface area contributed by atoms with Crippen molar-refractivity contribution in [2.75, 3.05) is 6.54 Å². The van der Waals surface area contributed by atoms with Gasteiger partial charge in [0.05, 0.1) is 17.3 Å². The van der Waals surface area contributed by atoms with Gasteiger partial charge in [0.1, 0.15) is 4.88 Å². The number of thiazole rings is 1. The van der Waals surface area contributed by atoms with Crippen molar-refractivity contribution in [2.24, 2.45) is 5.92 Å². The monoisotopic (exact) mass is 242 g/mol. The molecule has 90 valence electrons. The zero-order chi connectivity index (χ0) is 12.1. The summed E-state index contributed by atoms with van der Waals surface area (Å²) in [5.41, 5.74) is 0. The summed E-state index contributed by atoms with van der Waals surface area (Å²) in [6.07, 6.45) is 1.78. The zero-order valence-electron chi connectivity index (χ0n) is 9.86. The number of carbonyl (C=O) groups excluding carboxylic acids is 1. The van der Waals surface area contributed by atoms with E-state index in [1.54, 1.807) is 6.20 Å². The maximum atomic E-state index is 11.6. The van der Waals surface area contributed by atoms with E-state index in [-0.39, 0.29) is 5.91 Å². The van der Waals surface area contributed by atoms with E-state index in [0.717, 1.165) is 5.01 Å². The largest absolute Gasteiger partial charge is 0.391 e. The van der Waals surface area contributed by atoms with Gasteiger partial charge < -0.3 is 10.4 Å². The quantitative estimate of drug-likeness (QED) is 0.824. The number of nitrogens with zero attached hydrogens (tertiary/aromatic N) is 1. The van der Waals surface area contributed by atoms with Crippen LogP contribution in [-0.2, 0) is 0 Å². The highest BCUT2D eigenvalue weighted by molar-refractivity contribution is 7.13. The van der Waals surface area contributed by atoms with Crippen molar-refractivity contribution >= 4 is 17.2 Å². The number of aromatic nitrogens is 1. The maximum absolute atomic E-state index is 11.6. The molecule has 1 unspecified atom stereocenters. The second kappa shape index (κ2) is 5.96. The molecular formula is C11H18N2O2S. The Kier molecular flexibility index (Phi) is 4.89. The molecule has 1 atom stereocenters. The van der Waals surface area contributed by atoms with Gasteiger partial charge in [0, 0.05) is 6.54 Å². The molecule has 0 saturated heterocycles. The summed E-state index contributed by atoms with van der Waals surface area (Å²) in [4.78, 5) is 16.2. The van der Waals surface area contributed by atoms with E-state index in [1.807, 2.05) is 20.8 Å². The van der Waals surface area contributed by atoms with E-state index in [1.165, 1.54) is 11.3 Å². The fraction of sp³-hybridized carbons (Fsp3) is 0.636. The molecule has 4 nitrogen and oxygen atoms in total. The second-order valence-electron chi connectivity index (χ2n) is 4.24. The molecule has 1 heterocycles. The molecule has 0 spiro atoms. The molecule has 1 rings (SSSR count). The molecule has 1 aromatic rings. The molecule has 2 N–H and O–H groups in total. The summed E-state index contributed by atoms with van der Waals surface area (Å²) in [7, 11) is 0. The van der Waals surface area contributed by atoms with Crippen molar-refractivity contribution in [2.45, 2.75) is 33.3 Å². The summed E-state index contributed by atoms with van der Waals surface area (Å²) in [6.45, 7) is 6.23. The van der Waals surface area contributed by atoms with Gasteiger partial charge in [0.25, 0.3) is 5.91 Å². The summed E-state index contributed by atoms with van der Waals surface area (Å²) in [5.74, 6) is 0.269. The zero-order valence-corrected chi connectivity index (χ0v) is 10.7. The van der Waals surface area contributed by atoms with Crippen molar-refractivity contribution in [1.82, 2.24) is 10.3 Å². The minimum absolute atomic E-state index is 0.159. The standard InChI is InChI=1S/C11H18N2O2S/c1-7(2)4-9(14)5-13-11(15)10-6-12-8(3)16-10/h6-7,9,14H,4-5H2,1-3H3,(H,13,15). The second-order valence-corrected chi connectivity index (χ2v) is 5.47. The van der Waals surface area contributed by atoms with E-state index in [4.69, 9.17) is 0 Å². The van der Waals surface area contributed by atoms with Crippen LogP contribution in [0.1, 0.15) is 34.9 Å². The van der Waals surface area contributed by atoms with Crippen LogP contribution in [0.5, 0.6) is 0 Å². The average Bonchev–Trinajstić information content (AvgIpc) is 2.60. The van der Waals surface area contributed by atoms with Crippen LogP contribution in [0.15, 0.2) is 6.20 Å². The van der Waals surface area contributed by atoms with E-state index < -0.39 is 6.10 Å². The third-order valence-electron chi connectivity index (χ3n) is 2.09. The lowest BCUT2D eigenvalue weighted by atomic mass is 10.1. The lowest BCUT2D eigenvalue weighted by Crippen LogP contribution is -2.32. The first-order chi connectivity index (χ1) is 7.49. The van der Waals surface area contributed by atoms with Gasteiger partial charge in [-0.1, -0.05) is 13.8 Å². The summed E-state index contributed by atoms with van der Waals surface area (Å²) in [5, 5.41) is 13.2. The van der Waals surface area contributed by atoms with Gasteiger partial charge in [-0.3, -0.25) is 4.79 Å². The fourth-order valence-corrected chi connectivity index (χ4v) is 2.09. The summed E-state index contributed by atoms with van der Waals surface area (Å²) in [6, 6.07) is 0. The van der Waals surface area contributed by atoms with Crippen molar-refractivity contribution in [3.63, 3.8) is 0 Å². The maximum Gasteiger partial charge on any atom is 0.263 e. The summed E-state index contributed by atoms with van der Waals surface area (Å²) < 4.78 is 0. The van der Waals surface area contributed by atoms with Gasteiger partial charge in [-0.15, -0.1) is 11.3 Å². The highest BCUT2D eigenvalue weighted by Crippen LogP contribution is 2.11. The van der Waals surface area contributed by atoms with Gasteiger partial charge in [-0.2, -0.15) is 0 Å². The molecule has 1 aromatic heterocycles. The lowest BCUT2D eigenvalue weighted by molar-refractivity contribution is 0.0904. The number of amides is 1. The van der Waals surface area contributed by atoms with E-state index in [0.29, 0.717) is 23.8 Å². The van der Waals surface area contributed by atoms with Gasteiger partial charge in [-0.25, -0.2) is 4.98 Å². The molecular weight excluding hydrogens is 224 g/mol. The van der Waals surface area contributed by atoms with Gasteiger partial charge in [0.15, 0.2) is 0 Å². The minimum Gasteiger partial charge on any atom is -0.391 e. The fourth-order valence-electron chi connectivity index (χ4n) is 1.39. The topological polar surface area (TPSA) is 62.2 Å². The number of nitrogens with one attached hydrogen (secondary N) is 1. The molecule has 16 heavy (non-hydrogen) atoms. The predicted molar refractivity (Wildman–Crippen MR) is 64.6 cm³/mol. The SMILES string of the molecule is Cc1ncc(C(=O)NCC(O)CC(C)C)s1. The molecule has 5 heteroatoms. The molecule has 0 saturated carbocycles. The highest BCUT2D eigenvalue weighted by atomic mass is 32.1. The van der Waals surface area contributed by atoms with Crippen LogP contribution < -0.4 is 5.32 Å². The summed E-state index contributed by atoms with van der Waals surface area (Å²) >= 11 is 1.36. The van der Waals surface area contributed by atoms with E-state index >= 15 is 0 Å². The lowest BCUT2D eigenvalue weighted by Gasteiger charge is -2.13. The third kappa shape index (κ3) is 4.28. The van der Waals surface area contributed by atoms with Gasteiger partial charge in [-0.05, 0) is 19.3 Å². The van der Waals surface area contributed by atoms with Crippen LogP contribution in [0.4, 0.5) is 0 Å². The molecule has 0 radical (unpaired) electrons. The van der Waals surface area contributed by atoms with Crippen LogP contribution in [0.2, 0.25) is 0 Å². The van der Waals surface area contributed by atoms with Crippen LogP contribution in [0.3, 0.4) is 0 Å². The highest BCUT2D eigenvalue weighted by Gasteiger charge is 2.12. The molecule has 0 aliphatic rings. The first-order valence-electron chi connectivity index (χ1n) is 5.37. The number of aliphatic hydroxyl groups excluding tert-OH is 1.